The van der Waals surface area contributed by atoms with Gasteiger partial charge in [0, 0.05) is 5.56 Å². The van der Waals surface area contributed by atoms with Crippen LogP contribution in [-0.4, -0.2) is 33.9 Å². The standard InChI is InChI=1S/C15H17FN4O/c1-10-8-11(16)2-3-13(10)15(21)14-9-20(19-18-14)12-4-6-17-7-5-12/h2-3,8-9,12,17H,4-7H2,1H3. The average molecular weight is 288 g/mol. The van der Waals surface area contributed by atoms with Crippen molar-refractivity contribution < 1.29 is 9.18 Å². The first-order valence-corrected chi connectivity index (χ1v) is 7.08. The number of nitrogens with zero attached hydrogens (tertiary/aromatic N) is 3. The molecular weight excluding hydrogens is 271 g/mol. The predicted molar refractivity (Wildman–Crippen MR) is 75.7 cm³/mol. The third kappa shape index (κ3) is 2.85. The Morgan fingerprint density at radius 2 is 2.14 bits per heavy atom. The fraction of sp³-hybridized carbons (Fsp3) is 0.400. The molecule has 0 aliphatic carbocycles. The van der Waals surface area contributed by atoms with Crippen molar-refractivity contribution in [2.45, 2.75) is 25.8 Å². The Kier molecular flexibility index (Phi) is 3.79. The Morgan fingerprint density at radius 3 is 2.86 bits per heavy atom. The third-order valence-electron chi connectivity index (χ3n) is 3.86. The van der Waals surface area contributed by atoms with Gasteiger partial charge >= 0.3 is 0 Å². The largest absolute Gasteiger partial charge is 0.317 e. The van der Waals surface area contributed by atoms with Crippen LogP contribution in [0.2, 0.25) is 0 Å². The van der Waals surface area contributed by atoms with Gasteiger partial charge in [0.25, 0.3) is 0 Å². The first kappa shape index (κ1) is 13.9. The molecule has 1 aromatic carbocycles. The third-order valence-corrected chi connectivity index (χ3v) is 3.86. The average Bonchev–Trinajstić information content (AvgIpc) is 2.97. The summed E-state index contributed by atoms with van der Waals surface area (Å²) in [5.41, 5.74) is 1.38. The molecule has 0 unspecified atom stereocenters. The van der Waals surface area contributed by atoms with Gasteiger partial charge in [0.15, 0.2) is 5.69 Å². The van der Waals surface area contributed by atoms with Gasteiger partial charge in [-0.15, -0.1) is 5.10 Å². The highest BCUT2D eigenvalue weighted by Gasteiger charge is 2.20. The maximum atomic E-state index is 13.1. The van der Waals surface area contributed by atoms with Crippen molar-refractivity contribution in [2.75, 3.05) is 13.1 Å². The summed E-state index contributed by atoms with van der Waals surface area (Å²) in [5.74, 6) is -0.560. The number of carbonyl (C=O) groups excluding carboxylic acids is 1. The van der Waals surface area contributed by atoms with Crippen LogP contribution in [0.3, 0.4) is 0 Å². The maximum Gasteiger partial charge on any atom is 0.215 e. The first-order chi connectivity index (χ1) is 10.1. The van der Waals surface area contributed by atoms with Crippen LogP contribution in [0, 0.1) is 12.7 Å². The molecule has 2 heterocycles. The smallest absolute Gasteiger partial charge is 0.215 e. The zero-order valence-corrected chi connectivity index (χ0v) is 11.8. The lowest BCUT2D eigenvalue weighted by Crippen LogP contribution is -2.29. The van der Waals surface area contributed by atoms with Crippen molar-refractivity contribution in [3.8, 4) is 0 Å². The number of benzene rings is 1. The summed E-state index contributed by atoms with van der Waals surface area (Å²) < 4.78 is 14.9. The molecule has 1 aliphatic rings. The van der Waals surface area contributed by atoms with Crippen LogP contribution < -0.4 is 5.32 Å². The van der Waals surface area contributed by atoms with E-state index in [1.807, 2.05) is 0 Å². The Labute approximate surface area is 122 Å². The second kappa shape index (κ2) is 5.73. The molecule has 1 aromatic heterocycles. The van der Waals surface area contributed by atoms with Crippen LogP contribution in [0.1, 0.15) is 40.5 Å². The van der Waals surface area contributed by atoms with E-state index in [4.69, 9.17) is 0 Å². The molecule has 1 N–H and O–H groups in total. The molecule has 0 amide bonds. The molecule has 0 atom stereocenters. The summed E-state index contributed by atoms with van der Waals surface area (Å²) in [4.78, 5) is 12.4. The fourth-order valence-electron chi connectivity index (χ4n) is 2.65. The minimum absolute atomic E-state index is 0.215. The number of carbonyl (C=O) groups is 1. The molecule has 0 radical (unpaired) electrons. The lowest BCUT2D eigenvalue weighted by Gasteiger charge is -2.22. The number of piperidine rings is 1. The molecule has 6 heteroatoms. The molecule has 1 saturated heterocycles. The van der Waals surface area contributed by atoms with Gasteiger partial charge in [-0.25, -0.2) is 9.07 Å². The Balaban J connectivity index is 1.83. The maximum absolute atomic E-state index is 13.1. The van der Waals surface area contributed by atoms with Gasteiger partial charge in [0.1, 0.15) is 5.82 Å². The van der Waals surface area contributed by atoms with E-state index < -0.39 is 0 Å². The van der Waals surface area contributed by atoms with Crippen molar-refractivity contribution >= 4 is 5.78 Å². The Hall–Kier alpha value is -2.08. The number of ketones is 1. The fourth-order valence-corrected chi connectivity index (χ4v) is 2.65. The number of aromatic nitrogens is 3. The number of rotatable bonds is 3. The van der Waals surface area contributed by atoms with Crippen molar-refractivity contribution in [3.63, 3.8) is 0 Å². The molecule has 1 aliphatic heterocycles. The minimum Gasteiger partial charge on any atom is -0.317 e. The highest BCUT2D eigenvalue weighted by molar-refractivity contribution is 6.08. The summed E-state index contributed by atoms with van der Waals surface area (Å²) in [6, 6.07) is 4.42. The number of hydrogen-bond acceptors (Lipinski definition) is 4. The van der Waals surface area contributed by atoms with E-state index in [1.54, 1.807) is 17.8 Å². The molecule has 3 rings (SSSR count). The van der Waals surface area contributed by atoms with Gasteiger partial charge in [-0.05, 0) is 56.6 Å². The van der Waals surface area contributed by atoms with Gasteiger partial charge in [-0.3, -0.25) is 4.79 Å². The van der Waals surface area contributed by atoms with Gasteiger partial charge < -0.3 is 5.32 Å². The van der Waals surface area contributed by atoms with Crippen LogP contribution in [0.15, 0.2) is 24.4 Å². The van der Waals surface area contributed by atoms with Gasteiger partial charge in [0.2, 0.25) is 5.78 Å². The van der Waals surface area contributed by atoms with Gasteiger partial charge in [-0.2, -0.15) is 0 Å². The molecule has 0 bridgehead atoms. The second-order valence-corrected chi connectivity index (χ2v) is 5.35. The Morgan fingerprint density at radius 1 is 1.38 bits per heavy atom. The quantitative estimate of drug-likeness (QED) is 0.876. The molecule has 110 valence electrons. The molecule has 0 saturated carbocycles. The zero-order chi connectivity index (χ0) is 14.8. The summed E-state index contributed by atoms with van der Waals surface area (Å²) in [5, 5.41) is 11.3. The second-order valence-electron chi connectivity index (χ2n) is 5.35. The topological polar surface area (TPSA) is 59.8 Å². The number of halogens is 1. The molecular formula is C15H17FN4O. The van der Waals surface area contributed by atoms with Crippen molar-refractivity contribution in [2.24, 2.45) is 0 Å². The number of aryl methyl sites for hydroxylation is 1. The van der Waals surface area contributed by atoms with Crippen molar-refractivity contribution in [1.82, 2.24) is 20.3 Å². The van der Waals surface area contributed by atoms with Gasteiger partial charge in [-0.1, -0.05) is 5.21 Å². The summed E-state index contributed by atoms with van der Waals surface area (Å²) in [7, 11) is 0. The molecule has 0 spiro atoms. The van der Waals surface area contributed by atoms with E-state index in [1.165, 1.54) is 18.2 Å². The van der Waals surface area contributed by atoms with Crippen LogP contribution in [0.4, 0.5) is 4.39 Å². The highest BCUT2D eigenvalue weighted by atomic mass is 19.1. The normalized spacial score (nSPS) is 16.1. The van der Waals surface area contributed by atoms with Crippen molar-refractivity contribution in [3.05, 3.63) is 47.0 Å². The van der Waals surface area contributed by atoms with E-state index >= 15 is 0 Å². The molecule has 1 fully saturated rings. The molecule has 2 aromatic rings. The van der Waals surface area contributed by atoms with Crippen molar-refractivity contribution in [1.29, 1.82) is 0 Å². The first-order valence-electron chi connectivity index (χ1n) is 7.08. The summed E-state index contributed by atoms with van der Waals surface area (Å²) >= 11 is 0. The Bertz CT molecular complexity index is 661. The minimum atomic E-state index is -0.345. The van der Waals surface area contributed by atoms with Crippen LogP contribution in [0.5, 0.6) is 0 Å². The lowest BCUT2D eigenvalue weighted by atomic mass is 10.0. The molecule has 5 nitrogen and oxygen atoms in total. The van der Waals surface area contributed by atoms with E-state index in [9.17, 15) is 9.18 Å². The SMILES string of the molecule is Cc1cc(F)ccc1C(=O)c1cn(C2CCNCC2)nn1. The number of hydrogen-bond donors (Lipinski definition) is 1. The summed E-state index contributed by atoms with van der Waals surface area (Å²) in [6.07, 6.45) is 3.65. The van der Waals surface area contributed by atoms with E-state index in [2.05, 4.69) is 15.6 Å². The predicted octanol–water partition coefficient (Wildman–Crippen LogP) is 1.88. The zero-order valence-electron chi connectivity index (χ0n) is 11.8. The monoisotopic (exact) mass is 288 g/mol. The van der Waals surface area contributed by atoms with Crippen LogP contribution >= 0.6 is 0 Å². The van der Waals surface area contributed by atoms with E-state index in [0.29, 0.717) is 16.8 Å². The van der Waals surface area contributed by atoms with Crippen LogP contribution in [0.25, 0.3) is 0 Å². The van der Waals surface area contributed by atoms with E-state index in [-0.39, 0.29) is 17.6 Å². The highest BCUT2D eigenvalue weighted by Crippen LogP contribution is 2.19. The summed E-state index contributed by atoms with van der Waals surface area (Å²) in [6.45, 7) is 3.61. The lowest BCUT2D eigenvalue weighted by molar-refractivity contribution is 0.103. The van der Waals surface area contributed by atoms with E-state index in [0.717, 1.165) is 25.9 Å². The number of nitrogens with one attached hydrogen (secondary N) is 1. The van der Waals surface area contributed by atoms with Crippen LogP contribution in [-0.2, 0) is 0 Å². The van der Waals surface area contributed by atoms with Gasteiger partial charge in [0.05, 0.1) is 12.2 Å². The molecule has 21 heavy (non-hydrogen) atoms.